The van der Waals surface area contributed by atoms with Gasteiger partial charge in [0.25, 0.3) is 0 Å². The van der Waals surface area contributed by atoms with E-state index in [4.69, 9.17) is 4.74 Å². The molecule has 25 heavy (non-hydrogen) atoms. The lowest BCUT2D eigenvalue weighted by molar-refractivity contribution is -0.133. The number of hydrogen-bond donors (Lipinski definition) is 3. The van der Waals surface area contributed by atoms with Crippen LogP contribution in [0, 0.1) is 10.8 Å². The van der Waals surface area contributed by atoms with Crippen molar-refractivity contribution >= 4 is 35.8 Å². The Morgan fingerprint density at radius 3 is 2.32 bits per heavy atom. The number of aliphatic imine (C=N–C) groups is 1. The van der Waals surface area contributed by atoms with E-state index in [-0.39, 0.29) is 35.3 Å². The molecule has 7 heteroatoms. The van der Waals surface area contributed by atoms with E-state index in [1.54, 1.807) is 14.1 Å². The standard InChI is InChI=1S/C18H36N4O2.HI/c1-8-18(9-2)13(11-14(18)24-10-3)22-16(20-7)21-12-17(4,5)15(23)19-6;/h13-14H,8-12H2,1-7H3,(H,19,23)(H2,20,21,22);1H. The highest BCUT2D eigenvalue weighted by Crippen LogP contribution is 2.48. The van der Waals surface area contributed by atoms with Gasteiger partial charge in [0.2, 0.25) is 5.91 Å². The maximum atomic E-state index is 11.9. The van der Waals surface area contributed by atoms with E-state index in [2.05, 4.69) is 41.7 Å². The summed E-state index contributed by atoms with van der Waals surface area (Å²) in [4.78, 5) is 16.2. The molecule has 0 radical (unpaired) electrons. The highest BCUT2D eigenvalue weighted by atomic mass is 127. The van der Waals surface area contributed by atoms with Crippen molar-refractivity contribution < 1.29 is 9.53 Å². The van der Waals surface area contributed by atoms with Crippen molar-refractivity contribution in [1.29, 1.82) is 0 Å². The summed E-state index contributed by atoms with van der Waals surface area (Å²) in [5.41, 5.74) is -0.337. The van der Waals surface area contributed by atoms with Crippen LogP contribution in [-0.2, 0) is 9.53 Å². The van der Waals surface area contributed by atoms with E-state index < -0.39 is 5.41 Å². The second-order valence-corrected chi connectivity index (χ2v) is 7.21. The van der Waals surface area contributed by atoms with E-state index in [9.17, 15) is 4.79 Å². The van der Waals surface area contributed by atoms with Crippen LogP contribution < -0.4 is 16.0 Å². The number of amides is 1. The van der Waals surface area contributed by atoms with E-state index in [1.807, 2.05) is 13.8 Å². The molecule has 0 aromatic rings. The minimum Gasteiger partial charge on any atom is -0.378 e. The molecule has 1 aliphatic rings. The zero-order valence-electron chi connectivity index (χ0n) is 16.9. The zero-order valence-corrected chi connectivity index (χ0v) is 19.2. The largest absolute Gasteiger partial charge is 0.378 e. The Bertz CT molecular complexity index is 450. The first-order valence-corrected chi connectivity index (χ1v) is 9.12. The van der Waals surface area contributed by atoms with Crippen LogP contribution in [0.2, 0.25) is 0 Å². The number of carbonyl (C=O) groups excluding carboxylic acids is 1. The quantitative estimate of drug-likeness (QED) is 0.291. The topological polar surface area (TPSA) is 74.8 Å². The lowest BCUT2D eigenvalue weighted by Gasteiger charge is -2.55. The second-order valence-electron chi connectivity index (χ2n) is 7.21. The Morgan fingerprint density at radius 2 is 1.88 bits per heavy atom. The van der Waals surface area contributed by atoms with Crippen LogP contribution in [0.4, 0.5) is 0 Å². The molecule has 0 heterocycles. The van der Waals surface area contributed by atoms with Crippen molar-refractivity contribution in [3.05, 3.63) is 0 Å². The molecule has 2 atom stereocenters. The predicted octanol–water partition coefficient (Wildman–Crippen LogP) is 2.53. The van der Waals surface area contributed by atoms with Gasteiger partial charge in [0.1, 0.15) is 0 Å². The van der Waals surface area contributed by atoms with Gasteiger partial charge in [-0.05, 0) is 40.0 Å². The number of rotatable bonds is 8. The third-order valence-corrected chi connectivity index (χ3v) is 5.54. The lowest BCUT2D eigenvalue weighted by Crippen LogP contribution is -2.66. The smallest absolute Gasteiger partial charge is 0.227 e. The van der Waals surface area contributed by atoms with Gasteiger partial charge in [0.05, 0.1) is 11.5 Å². The number of nitrogens with one attached hydrogen (secondary N) is 3. The maximum Gasteiger partial charge on any atom is 0.227 e. The molecule has 2 unspecified atom stereocenters. The summed E-state index contributed by atoms with van der Waals surface area (Å²) in [6.45, 7) is 11.6. The Hall–Kier alpha value is -0.570. The van der Waals surface area contributed by atoms with Crippen LogP contribution in [0.25, 0.3) is 0 Å². The van der Waals surface area contributed by atoms with E-state index in [0.29, 0.717) is 18.7 Å². The van der Waals surface area contributed by atoms with Gasteiger partial charge in [-0.3, -0.25) is 9.79 Å². The summed E-state index contributed by atoms with van der Waals surface area (Å²) in [7, 11) is 3.43. The van der Waals surface area contributed by atoms with Gasteiger partial charge < -0.3 is 20.7 Å². The first-order valence-electron chi connectivity index (χ1n) is 9.12. The average molecular weight is 468 g/mol. The van der Waals surface area contributed by atoms with Gasteiger partial charge in [-0.25, -0.2) is 0 Å². The number of nitrogens with zero attached hydrogens (tertiary/aromatic N) is 1. The van der Waals surface area contributed by atoms with Crippen LogP contribution in [0.1, 0.15) is 53.9 Å². The SMILES string of the molecule is CCOC1CC(NC(=NC)NCC(C)(C)C(=O)NC)C1(CC)CC.I. The molecule has 1 amide bonds. The van der Waals surface area contributed by atoms with Gasteiger partial charge in [0, 0.05) is 38.7 Å². The molecule has 1 rings (SSSR count). The summed E-state index contributed by atoms with van der Waals surface area (Å²) < 4.78 is 5.93. The summed E-state index contributed by atoms with van der Waals surface area (Å²) in [5.74, 6) is 0.764. The minimum absolute atomic E-state index is 0. The van der Waals surface area contributed by atoms with Crippen molar-refractivity contribution in [2.45, 2.75) is 66.0 Å². The Balaban J connectivity index is 0.00000576. The number of ether oxygens (including phenoxy) is 1. The van der Waals surface area contributed by atoms with Crippen molar-refractivity contribution in [2.24, 2.45) is 15.8 Å². The summed E-state index contributed by atoms with van der Waals surface area (Å²) in [6.07, 6.45) is 3.46. The third kappa shape index (κ3) is 5.45. The molecular formula is C18H37IN4O2. The van der Waals surface area contributed by atoms with Crippen molar-refractivity contribution in [1.82, 2.24) is 16.0 Å². The maximum absolute atomic E-state index is 11.9. The first-order chi connectivity index (χ1) is 11.3. The molecule has 0 aromatic heterocycles. The van der Waals surface area contributed by atoms with Gasteiger partial charge >= 0.3 is 0 Å². The fourth-order valence-electron chi connectivity index (χ4n) is 3.67. The van der Waals surface area contributed by atoms with Crippen molar-refractivity contribution in [3.8, 4) is 0 Å². The molecule has 0 bridgehead atoms. The van der Waals surface area contributed by atoms with Crippen LogP contribution >= 0.6 is 24.0 Å². The van der Waals surface area contributed by atoms with Crippen LogP contribution in [-0.4, -0.2) is 51.3 Å². The Labute approximate surface area is 170 Å². The van der Waals surface area contributed by atoms with Crippen LogP contribution in [0.3, 0.4) is 0 Å². The molecule has 1 aliphatic carbocycles. The van der Waals surface area contributed by atoms with Crippen LogP contribution in [0.5, 0.6) is 0 Å². The number of guanidine groups is 1. The predicted molar refractivity (Wildman–Crippen MR) is 115 cm³/mol. The molecule has 1 saturated carbocycles. The zero-order chi connectivity index (χ0) is 18.4. The minimum atomic E-state index is -0.494. The molecule has 1 fully saturated rings. The Morgan fingerprint density at radius 1 is 1.28 bits per heavy atom. The molecule has 3 N–H and O–H groups in total. The molecule has 0 saturated heterocycles. The fourth-order valence-corrected chi connectivity index (χ4v) is 3.67. The highest BCUT2D eigenvalue weighted by molar-refractivity contribution is 14.0. The normalized spacial score (nSPS) is 22.4. The Kier molecular flexibility index (Phi) is 10.3. The molecule has 148 valence electrons. The lowest BCUT2D eigenvalue weighted by atomic mass is 9.58. The summed E-state index contributed by atoms with van der Waals surface area (Å²) in [5, 5.41) is 9.54. The number of halogens is 1. The third-order valence-electron chi connectivity index (χ3n) is 5.54. The number of hydrogen-bond acceptors (Lipinski definition) is 3. The summed E-state index contributed by atoms with van der Waals surface area (Å²) in [6, 6.07) is 0.346. The summed E-state index contributed by atoms with van der Waals surface area (Å²) >= 11 is 0. The molecule has 0 aromatic carbocycles. The van der Waals surface area contributed by atoms with Crippen molar-refractivity contribution in [2.75, 3.05) is 27.2 Å². The second kappa shape index (κ2) is 10.5. The van der Waals surface area contributed by atoms with Gasteiger partial charge in [-0.15, -0.1) is 24.0 Å². The first kappa shape index (κ1) is 24.4. The molecule has 0 spiro atoms. The molecular weight excluding hydrogens is 431 g/mol. The van der Waals surface area contributed by atoms with E-state index in [0.717, 1.165) is 31.8 Å². The van der Waals surface area contributed by atoms with E-state index in [1.165, 1.54) is 0 Å². The van der Waals surface area contributed by atoms with Crippen molar-refractivity contribution in [3.63, 3.8) is 0 Å². The average Bonchev–Trinajstić information content (AvgIpc) is 2.57. The monoisotopic (exact) mass is 468 g/mol. The van der Waals surface area contributed by atoms with Crippen LogP contribution in [0.15, 0.2) is 4.99 Å². The van der Waals surface area contributed by atoms with Gasteiger partial charge in [-0.2, -0.15) is 0 Å². The number of carbonyl (C=O) groups is 1. The molecule has 0 aliphatic heterocycles. The van der Waals surface area contributed by atoms with Gasteiger partial charge in [0.15, 0.2) is 5.96 Å². The highest BCUT2D eigenvalue weighted by Gasteiger charge is 2.53. The van der Waals surface area contributed by atoms with Gasteiger partial charge in [-0.1, -0.05) is 13.8 Å². The fraction of sp³-hybridized carbons (Fsp3) is 0.889. The van der Waals surface area contributed by atoms with E-state index >= 15 is 0 Å². The molecule has 6 nitrogen and oxygen atoms in total.